The number of nitrogens with zero attached hydrogens (tertiary/aromatic N) is 1. The van der Waals surface area contributed by atoms with Crippen LogP contribution in [-0.2, 0) is 21.2 Å². The lowest BCUT2D eigenvalue weighted by Crippen LogP contribution is -2.37. The molecule has 0 saturated heterocycles. The van der Waals surface area contributed by atoms with E-state index in [1.807, 2.05) is 31.2 Å². The zero-order valence-corrected chi connectivity index (χ0v) is 18.7. The summed E-state index contributed by atoms with van der Waals surface area (Å²) in [5, 5.41) is 9.87. The van der Waals surface area contributed by atoms with Crippen LogP contribution in [0.2, 0.25) is 0 Å². The number of carboxylic acids is 1. The molecule has 3 rings (SSSR count). The largest absolute Gasteiger partial charge is 0.478 e. The van der Waals surface area contributed by atoms with Crippen LogP contribution in [0.25, 0.3) is 11.0 Å². The number of hydrogen-bond donors (Lipinski definition) is 1. The molecule has 8 heteroatoms. The number of fused-ring (bicyclic) bond motifs is 1. The van der Waals surface area contributed by atoms with Gasteiger partial charge in [0, 0.05) is 24.5 Å². The normalized spacial score (nSPS) is 12.4. The van der Waals surface area contributed by atoms with Crippen LogP contribution in [0.5, 0.6) is 5.75 Å². The van der Waals surface area contributed by atoms with E-state index < -0.39 is 21.6 Å². The molecule has 0 bridgehead atoms. The molecule has 1 heterocycles. The van der Waals surface area contributed by atoms with E-state index in [9.17, 15) is 18.3 Å². The Balaban J connectivity index is 1.72. The van der Waals surface area contributed by atoms with Crippen LogP contribution in [0.1, 0.15) is 32.8 Å². The second-order valence-electron chi connectivity index (χ2n) is 7.82. The molecule has 1 aromatic heterocycles. The molecule has 3 aromatic rings. The van der Waals surface area contributed by atoms with Crippen molar-refractivity contribution in [3.8, 4) is 5.75 Å². The Morgan fingerprint density at radius 3 is 2.39 bits per heavy atom. The van der Waals surface area contributed by atoms with Crippen LogP contribution in [0.4, 0.5) is 0 Å². The molecule has 2 aromatic carbocycles. The third-order valence-corrected chi connectivity index (χ3v) is 6.69. The number of furan rings is 1. The lowest BCUT2D eigenvalue weighted by atomic mass is 10.1. The highest BCUT2D eigenvalue weighted by Crippen LogP contribution is 2.26. The number of ether oxygens (including phenoxy) is 1. The summed E-state index contributed by atoms with van der Waals surface area (Å²) in [5.74, 6) is -0.612. The molecule has 0 fully saturated rings. The van der Waals surface area contributed by atoms with Gasteiger partial charge >= 0.3 is 5.97 Å². The van der Waals surface area contributed by atoms with Crippen molar-refractivity contribution in [2.24, 2.45) is 0 Å². The second-order valence-corrected chi connectivity index (χ2v) is 9.69. The Labute approximate surface area is 182 Å². The van der Waals surface area contributed by atoms with E-state index in [0.29, 0.717) is 37.3 Å². The third kappa shape index (κ3) is 5.26. The smallest absolute Gasteiger partial charge is 0.347 e. The van der Waals surface area contributed by atoms with Gasteiger partial charge < -0.3 is 14.3 Å². The monoisotopic (exact) mass is 445 g/mol. The van der Waals surface area contributed by atoms with E-state index in [1.54, 1.807) is 30.3 Å². The van der Waals surface area contributed by atoms with Crippen molar-refractivity contribution < 1.29 is 27.5 Å². The van der Waals surface area contributed by atoms with Crippen LogP contribution < -0.4 is 4.74 Å². The highest BCUT2D eigenvalue weighted by atomic mass is 32.2. The molecule has 0 radical (unpaired) electrons. The predicted octanol–water partition coefficient (Wildman–Crippen LogP) is 4.32. The fourth-order valence-electron chi connectivity index (χ4n) is 3.13. The van der Waals surface area contributed by atoms with Crippen molar-refractivity contribution in [1.82, 2.24) is 4.31 Å². The molecule has 0 saturated carbocycles. The fourth-order valence-corrected chi connectivity index (χ4v) is 4.61. The minimum Gasteiger partial charge on any atom is -0.478 e. The van der Waals surface area contributed by atoms with E-state index in [1.165, 1.54) is 18.2 Å². The minimum atomic E-state index is -3.76. The molecule has 1 N–H and O–H groups in total. The SMILES string of the molecule is CCCN(CCc1ccc(OC(C)(C)C(=O)O)cc1)S(=O)(=O)c1cc2ccccc2o1. The van der Waals surface area contributed by atoms with Gasteiger partial charge in [0.2, 0.25) is 5.09 Å². The lowest BCUT2D eigenvalue weighted by molar-refractivity contribution is -0.152. The summed E-state index contributed by atoms with van der Waals surface area (Å²) in [4.78, 5) is 11.2. The van der Waals surface area contributed by atoms with E-state index in [0.717, 1.165) is 10.9 Å². The van der Waals surface area contributed by atoms with Gasteiger partial charge in [0.25, 0.3) is 10.0 Å². The van der Waals surface area contributed by atoms with Crippen LogP contribution in [-0.4, -0.2) is 42.5 Å². The molecule has 0 spiro atoms. The van der Waals surface area contributed by atoms with Crippen LogP contribution >= 0.6 is 0 Å². The van der Waals surface area contributed by atoms with Crippen molar-refractivity contribution in [3.63, 3.8) is 0 Å². The van der Waals surface area contributed by atoms with Gasteiger partial charge in [0.1, 0.15) is 11.3 Å². The third-order valence-electron chi connectivity index (χ3n) is 4.93. The molecule has 0 unspecified atom stereocenters. The van der Waals surface area contributed by atoms with E-state index >= 15 is 0 Å². The van der Waals surface area contributed by atoms with Crippen LogP contribution in [0.15, 0.2) is 64.1 Å². The molecule has 0 atom stereocenters. The number of para-hydroxylation sites is 1. The lowest BCUT2D eigenvalue weighted by Gasteiger charge is -2.22. The molecular weight excluding hydrogens is 418 g/mol. The highest BCUT2D eigenvalue weighted by Gasteiger charge is 2.29. The maximum atomic E-state index is 13.1. The Morgan fingerprint density at radius 2 is 1.77 bits per heavy atom. The zero-order valence-electron chi connectivity index (χ0n) is 17.9. The first kappa shape index (κ1) is 22.8. The summed E-state index contributed by atoms with van der Waals surface area (Å²) >= 11 is 0. The number of rotatable bonds is 10. The standard InChI is InChI=1S/C23H27NO6S/c1-4-14-24(31(27,28)21-16-18-7-5-6-8-20(18)29-21)15-13-17-9-11-19(12-10-17)30-23(2,3)22(25)26/h5-12,16H,4,13-15H2,1-3H3,(H,25,26). The van der Waals surface area contributed by atoms with Crippen LogP contribution in [0.3, 0.4) is 0 Å². The first-order valence-electron chi connectivity index (χ1n) is 10.1. The summed E-state index contributed by atoms with van der Waals surface area (Å²) in [6.07, 6.45) is 1.18. The Morgan fingerprint density at radius 1 is 1.10 bits per heavy atom. The van der Waals surface area contributed by atoms with Gasteiger partial charge in [-0.3, -0.25) is 0 Å². The average Bonchev–Trinajstić information content (AvgIpc) is 3.17. The molecule has 166 valence electrons. The molecular formula is C23H27NO6S. The number of carboxylic acid groups (broad SMARTS) is 1. The zero-order chi connectivity index (χ0) is 22.6. The van der Waals surface area contributed by atoms with Crippen molar-refractivity contribution in [1.29, 1.82) is 0 Å². The van der Waals surface area contributed by atoms with E-state index in [-0.39, 0.29) is 5.09 Å². The molecule has 0 aliphatic rings. The molecule has 7 nitrogen and oxygen atoms in total. The predicted molar refractivity (Wildman–Crippen MR) is 118 cm³/mol. The van der Waals surface area contributed by atoms with Crippen molar-refractivity contribution in [3.05, 3.63) is 60.2 Å². The molecule has 0 aliphatic carbocycles. The number of hydrogen-bond acceptors (Lipinski definition) is 5. The number of aliphatic carboxylic acids is 1. The van der Waals surface area contributed by atoms with Crippen LogP contribution in [0, 0.1) is 0 Å². The number of sulfonamides is 1. The fraction of sp³-hybridized carbons (Fsp3) is 0.348. The Bertz CT molecular complexity index is 1120. The summed E-state index contributed by atoms with van der Waals surface area (Å²) in [6, 6.07) is 15.8. The van der Waals surface area contributed by atoms with E-state index in [4.69, 9.17) is 9.15 Å². The van der Waals surface area contributed by atoms with Crippen molar-refractivity contribution >= 4 is 27.0 Å². The van der Waals surface area contributed by atoms with Crippen molar-refractivity contribution in [2.75, 3.05) is 13.1 Å². The highest BCUT2D eigenvalue weighted by molar-refractivity contribution is 7.89. The molecule has 0 amide bonds. The average molecular weight is 446 g/mol. The van der Waals surface area contributed by atoms with Gasteiger partial charge in [-0.2, -0.15) is 4.31 Å². The minimum absolute atomic E-state index is 0.0539. The quantitative estimate of drug-likeness (QED) is 0.499. The molecule has 31 heavy (non-hydrogen) atoms. The summed E-state index contributed by atoms with van der Waals surface area (Å²) in [7, 11) is -3.76. The van der Waals surface area contributed by atoms with Gasteiger partial charge in [-0.1, -0.05) is 37.3 Å². The first-order chi connectivity index (χ1) is 14.6. The summed E-state index contributed by atoms with van der Waals surface area (Å²) in [5.41, 5.74) is 0.124. The van der Waals surface area contributed by atoms with Crippen molar-refractivity contribution in [2.45, 2.75) is 44.3 Å². The molecule has 0 aliphatic heterocycles. The van der Waals surface area contributed by atoms with Gasteiger partial charge in [0.15, 0.2) is 5.60 Å². The summed E-state index contributed by atoms with van der Waals surface area (Å²) in [6.45, 7) is 5.57. The van der Waals surface area contributed by atoms with Gasteiger partial charge in [-0.05, 0) is 50.5 Å². The Hall–Kier alpha value is -2.84. The van der Waals surface area contributed by atoms with E-state index in [2.05, 4.69) is 0 Å². The number of benzene rings is 2. The van der Waals surface area contributed by atoms with Gasteiger partial charge in [0.05, 0.1) is 0 Å². The maximum Gasteiger partial charge on any atom is 0.347 e. The topological polar surface area (TPSA) is 97.0 Å². The maximum absolute atomic E-state index is 13.1. The first-order valence-corrected chi connectivity index (χ1v) is 11.6. The second kappa shape index (κ2) is 9.11. The van der Waals surface area contributed by atoms with Gasteiger partial charge in [-0.25, -0.2) is 13.2 Å². The van der Waals surface area contributed by atoms with Gasteiger partial charge in [-0.15, -0.1) is 0 Å². The number of carbonyl (C=O) groups is 1. The summed E-state index contributed by atoms with van der Waals surface area (Å²) < 4.78 is 38.8. The Kier molecular flexibility index (Phi) is 6.71.